The van der Waals surface area contributed by atoms with Gasteiger partial charge in [-0.1, -0.05) is 30.3 Å². The molecule has 1 aromatic rings. The van der Waals surface area contributed by atoms with Crippen LogP contribution in [0.3, 0.4) is 0 Å². The summed E-state index contributed by atoms with van der Waals surface area (Å²) in [7, 11) is 0. The molecule has 1 aliphatic rings. The van der Waals surface area contributed by atoms with Crippen molar-refractivity contribution in [3.8, 4) is 0 Å². The van der Waals surface area contributed by atoms with Crippen molar-refractivity contribution in [2.45, 2.75) is 64.1 Å². The van der Waals surface area contributed by atoms with Gasteiger partial charge in [0.25, 0.3) is 0 Å². The summed E-state index contributed by atoms with van der Waals surface area (Å²) in [6, 6.07) is 10.5. The Morgan fingerprint density at radius 2 is 1.91 bits per heavy atom. The van der Waals surface area contributed by atoms with Gasteiger partial charge in [0.1, 0.15) is 0 Å². The second kappa shape index (κ2) is 9.04. The number of esters is 1. The van der Waals surface area contributed by atoms with Gasteiger partial charge in [-0.3, -0.25) is 4.79 Å². The highest BCUT2D eigenvalue weighted by Crippen LogP contribution is 2.26. The molecule has 1 aliphatic carbocycles. The maximum Gasteiger partial charge on any atom is 0.308 e. The van der Waals surface area contributed by atoms with E-state index in [0.717, 1.165) is 31.2 Å². The zero-order chi connectivity index (χ0) is 16.7. The van der Waals surface area contributed by atoms with Crippen LogP contribution in [0.25, 0.3) is 0 Å². The smallest absolute Gasteiger partial charge is 0.308 e. The molecular formula is C19H29NO3. The highest BCUT2D eigenvalue weighted by atomic mass is 16.5. The van der Waals surface area contributed by atoms with Crippen LogP contribution in [0.1, 0.15) is 57.6 Å². The summed E-state index contributed by atoms with van der Waals surface area (Å²) >= 11 is 0. The summed E-state index contributed by atoms with van der Waals surface area (Å²) < 4.78 is 5.11. The number of rotatable bonds is 7. The molecule has 2 atom stereocenters. The van der Waals surface area contributed by atoms with Gasteiger partial charge in [0, 0.05) is 12.1 Å². The predicted octanol–water partition coefficient (Wildman–Crippen LogP) is 3.21. The molecule has 4 nitrogen and oxygen atoms in total. The number of aliphatic hydroxyl groups excluding tert-OH is 1. The molecule has 23 heavy (non-hydrogen) atoms. The lowest BCUT2D eigenvalue weighted by Crippen LogP contribution is -2.40. The number of hydrogen-bond acceptors (Lipinski definition) is 4. The third-order valence-corrected chi connectivity index (χ3v) is 4.63. The van der Waals surface area contributed by atoms with Gasteiger partial charge in [-0.05, 0) is 51.5 Å². The Morgan fingerprint density at radius 1 is 1.26 bits per heavy atom. The van der Waals surface area contributed by atoms with Crippen molar-refractivity contribution in [3.05, 3.63) is 35.9 Å². The van der Waals surface area contributed by atoms with Crippen molar-refractivity contribution < 1.29 is 14.6 Å². The lowest BCUT2D eigenvalue weighted by Gasteiger charge is -2.31. The molecule has 2 unspecified atom stereocenters. The third-order valence-electron chi connectivity index (χ3n) is 4.63. The Balaban J connectivity index is 1.72. The maximum atomic E-state index is 11.8. The fraction of sp³-hybridized carbons (Fsp3) is 0.632. The number of carbonyl (C=O) groups is 1. The van der Waals surface area contributed by atoms with E-state index in [1.165, 1.54) is 0 Å². The van der Waals surface area contributed by atoms with E-state index >= 15 is 0 Å². The van der Waals surface area contributed by atoms with Crippen LogP contribution in [0.2, 0.25) is 0 Å². The second-order valence-electron chi connectivity index (χ2n) is 6.53. The SMILES string of the molecule is CCOC(=O)C1CCC(NC(C)CC(O)c2ccccc2)CC1. The van der Waals surface area contributed by atoms with E-state index in [1.807, 2.05) is 37.3 Å². The lowest BCUT2D eigenvalue weighted by atomic mass is 9.85. The Labute approximate surface area is 139 Å². The molecular weight excluding hydrogens is 290 g/mol. The normalized spacial score (nSPS) is 24.0. The Hall–Kier alpha value is -1.39. The number of aliphatic hydroxyl groups is 1. The molecule has 0 bridgehead atoms. The zero-order valence-corrected chi connectivity index (χ0v) is 14.2. The number of benzene rings is 1. The predicted molar refractivity (Wildman–Crippen MR) is 91.0 cm³/mol. The van der Waals surface area contributed by atoms with E-state index in [1.54, 1.807) is 0 Å². The first-order valence-electron chi connectivity index (χ1n) is 8.75. The van der Waals surface area contributed by atoms with Crippen LogP contribution in [0.4, 0.5) is 0 Å². The molecule has 0 radical (unpaired) electrons. The van der Waals surface area contributed by atoms with Crippen LogP contribution in [0, 0.1) is 5.92 Å². The van der Waals surface area contributed by atoms with Gasteiger partial charge in [-0.2, -0.15) is 0 Å². The first-order chi connectivity index (χ1) is 11.1. The molecule has 1 saturated carbocycles. The van der Waals surface area contributed by atoms with Crippen molar-refractivity contribution in [2.24, 2.45) is 5.92 Å². The van der Waals surface area contributed by atoms with Crippen molar-refractivity contribution in [2.75, 3.05) is 6.61 Å². The summed E-state index contributed by atoms with van der Waals surface area (Å²) in [5.41, 5.74) is 0.965. The maximum absolute atomic E-state index is 11.8. The molecule has 128 valence electrons. The highest BCUT2D eigenvalue weighted by molar-refractivity contribution is 5.72. The Bertz CT molecular complexity index is 469. The average Bonchev–Trinajstić information content (AvgIpc) is 2.56. The van der Waals surface area contributed by atoms with Crippen LogP contribution in [0.5, 0.6) is 0 Å². The molecule has 0 aliphatic heterocycles. The minimum atomic E-state index is -0.436. The van der Waals surface area contributed by atoms with Gasteiger partial charge in [0.15, 0.2) is 0 Å². The molecule has 0 spiro atoms. The highest BCUT2D eigenvalue weighted by Gasteiger charge is 2.28. The summed E-state index contributed by atoms with van der Waals surface area (Å²) in [6.07, 6.45) is 4.04. The fourth-order valence-electron chi connectivity index (χ4n) is 3.37. The third kappa shape index (κ3) is 5.63. The van der Waals surface area contributed by atoms with Crippen molar-refractivity contribution in [3.63, 3.8) is 0 Å². The van der Waals surface area contributed by atoms with Crippen LogP contribution < -0.4 is 5.32 Å². The van der Waals surface area contributed by atoms with Crippen LogP contribution >= 0.6 is 0 Å². The Kier molecular flexibility index (Phi) is 7.06. The van der Waals surface area contributed by atoms with Crippen molar-refractivity contribution in [1.29, 1.82) is 0 Å². The van der Waals surface area contributed by atoms with Crippen molar-refractivity contribution in [1.82, 2.24) is 5.32 Å². The van der Waals surface area contributed by atoms with E-state index in [9.17, 15) is 9.90 Å². The second-order valence-corrected chi connectivity index (χ2v) is 6.53. The minimum absolute atomic E-state index is 0.0431. The van der Waals surface area contributed by atoms with E-state index < -0.39 is 6.10 Å². The Morgan fingerprint density at radius 3 is 2.52 bits per heavy atom. The van der Waals surface area contributed by atoms with Crippen LogP contribution in [-0.4, -0.2) is 29.8 Å². The molecule has 1 fully saturated rings. The van der Waals surface area contributed by atoms with E-state index in [-0.39, 0.29) is 17.9 Å². The lowest BCUT2D eigenvalue weighted by molar-refractivity contribution is -0.149. The van der Waals surface area contributed by atoms with Crippen LogP contribution in [0.15, 0.2) is 30.3 Å². The zero-order valence-electron chi connectivity index (χ0n) is 14.2. The van der Waals surface area contributed by atoms with Gasteiger partial charge < -0.3 is 15.2 Å². The van der Waals surface area contributed by atoms with Gasteiger partial charge in [0.05, 0.1) is 18.6 Å². The first-order valence-corrected chi connectivity index (χ1v) is 8.75. The number of carbonyl (C=O) groups excluding carboxylic acids is 1. The summed E-state index contributed by atoms with van der Waals surface area (Å²) in [5.74, 6) is 0.0247. The van der Waals surface area contributed by atoms with Crippen LogP contribution in [-0.2, 0) is 9.53 Å². The molecule has 1 aromatic carbocycles. The summed E-state index contributed by atoms with van der Waals surface area (Å²) in [6.45, 7) is 4.43. The van der Waals surface area contributed by atoms with Gasteiger partial charge in [0.2, 0.25) is 0 Å². The number of hydrogen-bond donors (Lipinski definition) is 2. The molecule has 0 saturated heterocycles. The van der Waals surface area contributed by atoms with E-state index in [2.05, 4.69) is 12.2 Å². The molecule has 4 heteroatoms. The molecule has 0 aromatic heterocycles. The first kappa shape index (κ1) is 18.0. The molecule has 2 rings (SSSR count). The van der Waals surface area contributed by atoms with Gasteiger partial charge in [-0.25, -0.2) is 0 Å². The van der Waals surface area contributed by atoms with Gasteiger partial charge in [-0.15, -0.1) is 0 Å². The summed E-state index contributed by atoms with van der Waals surface area (Å²) in [5, 5.41) is 13.9. The largest absolute Gasteiger partial charge is 0.466 e. The van der Waals surface area contributed by atoms with Crippen molar-refractivity contribution >= 4 is 5.97 Å². The average molecular weight is 319 g/mol. The molecule has 2 N–H and O–H groups in total. The minimum Gasteiger partial charge on any atom is -0.466 e. The fourth-order valence-corrected chi connectivity index (χ4v) is 3.37. The van der Waals surface area contributed by atoms with E-state index in [4.69, 9.17) is 4.74 Å². The summed E-state index contributed by atoms with van der Waals surface area (Å²) in [4.78, 5) is 11.8. The monoisotopic (exact) mass is 319 g/mol. The van der Waals surface area contributed by atoms with E-state index in [0.29, 0.717) is 19.1 Å². The molecule has 0 amide bonds. The standard InChI is InChI=1S/C19H29NO3/c1-3-23-19(22)16-9-11-17(12-10-16)20-14(2)13-18(21)15-7-5-4-6-8-15/h4-8,14,16-18,20-21H,3,9-13H2,1-2H3. The number of ether oxygens (including phenoxy) is 1. The number of nitrogens with one attached hydrogen (secondary N) is 1. The quantitative estimate of drug-likeness (QED) is 0.758. The van der Waals surface area contributed by atoms with Gasteiger partial charge >= 0.3 is 5.97 Å². The topological polar surface area (TPSA) is 58.6 Å². The molecule has 0 heterocycles.